The summed E-state index contributed by atoms with van der Waals surface area (Å²) in [5.74, 6) is -0.0542. The molecular formula is C29H30FN3O4. The Morgan fingerprint density at radius 1 is 0.919 bits per heavy atom. The molecule has 1 unspecified atom stereocenters. The number of hydrogen-bond donors (Lipinski definition) is 1. The molecule has 0 bridgehead atoms. The number of carbonyl (C=O) groups is 2. The molecule has 2 aliphatic rings. The fourth-order valence-electron chi connectivity index (χ4n) is 5.33. The number of amides is 2. The lowest BCUT2D eigenvalue weighted by Gasteiger charge is -2.37. The maximum absolute atomic E-state index is 13.5. The monoisotopic (exact) mass is 503 g/mol. The molecule has 7 nitrogen and oxygen atoms in total. The van der Waals surface area contributed by atoms with Crippen LogP contribution >= 0.6 is 0 Å². The van der Waals surface area contributed by atoms with Crippen molar-refractivity contribution < 1.29 is 23.5 Å². The molecule has 2 amide bonds. The van der Waals surface area contributed by atoms with Crippen molar-refractivity contribution >= 4 is 17.7 Å². The molecule has 1 saturated heterocycles. The Bertz CT molecular complexity index is 1300. The molecule has 192 valence electrons. The number of hydrogen-bond acceptors (Lipinski definition) is 5. The quantitative estimate of drug-likeness (QED) is 0.551. The van der Waals surface area contributed by atoms with E-state index in [0.29, 0.717) is 41.6 Å². The summed E-state index contributed by atoms with van der Waals surface area (Å²) in [6.07, 6.45) is 1.58. The Hall–Kier alpha value is -3.91. The second kappa shape index (κ2) is 10.6. The van der Waals surface area contributed by atoms with Crippen molar-refractivity contribution in [2.75, 3.05) is 45.7 Å². The van der Waals surface area contributed by atoms with E-state index < -0.39 is 0 Å². The molecule has 0 aromatic heterocycles. The molecular weight excluding hydrogens is 473 g/mol. The van der Waals surface area contributed by atoms with Crippen LogP contribution in [0.25, 0.3) is 11.1 Å². The van der Waals surface area contributed by atoms with Gasteiger partial charge in [-0.2, -0.15) is 0 Å². The highest BCUT2D eigenvalue weighted by molar-refractivity contribution is 6.09. The number of rotatable bonds is 5. The topological polar surface area (TPSA) is 71.1 Å². The summed E-state index contributed by atoms with van der Waals surface area (Å²) in [4.78, 5) is 29.3. The van der Waals surface area contributed by atoms with E-state index in [4.69, 9.17) is 9.47 Å². The van der Waals surface area contributed by atoms with Gasteiger partial charge in [-0.1, -0.05) is 24.3 Å². The van der Waals surface area contributed by atoms with Crippen LogP contribution in [0.4, 0.5) is 14.9 Å². The summed E-state index contributed by atoms with van der Waals surface area (Å²) in [5.41, 5.74) is 5.01. The van der Waals surface area contributed by atoms with Crippen molar-refractivity contribution in [3.63, 3.8) is 0 Å². The first-order valence-corrected chi connectivity index (χ1v) is 12.4. The van der Waals surface area contributed by atoms with E-state index in [1.54, 1.807) is 42.3 Å². The van der Waals surface area contributed by atoms with Crippen LogP contribution in [0.15, 0.2) is 60.7 Å². The van der Waals surface area contributed by atoms with Crippen molar-refractivity contribution in [1.82, 2.24) is 9.80 Å². The van der Waals surface area contributed by atoms with Gasteiger partial charge in [0.05, 0.1) is 19.8 Å². The number of methoxy groups -OCH3 is 2. The van der Waals surface area contributed by atoms with E-state index in [1.165, 1.54) is 30.4 Å². The molecule has 1 aliphatic heterocycles. The maximum atomic E-state index is 13.5. The molecule has 0 spiro atoms. The van der Waals surface area contributed by atoms with Gasteiger partial charge in [-0.05, 0) is 65.9 Å². The number of halogens is 1. The Morgan fingerprint density at radius 2 is 1.65 bits per heavy atom. The Labute approximate surface area is 215 Å². The largest absolute Gasteiger partial charge is 0.496 e. The summed E-state index contributed by atoms with van der Waals surface area (Å²) in [6.45, 7) is 2.97. The van der Waals surface area contributed by atoms with Crippen LogP contribution in [-0.4, -0.2) is 68.2 Å². The third-order valence-corrected chi connectivity index (χ3v) is 7.26. The molecule has 1 atom stereocenters. The van der Waals surface area contributed by atoms with E-state index in [1.807, 2.05) is 6.07 Å². The van der Waals surface area contributed by atoms with Gasteiger partial charge in [-0.25, -0.2) is 9.18 Å². The highest BCUT2D eigenvalue weighted by Crippen LogP contribution is 2.34. The van der Waals surface area contributed by atoms with Crippen molar-refractivity contribution in [2.24, 2.45) is 0 Å². The minimum absolute atomic E-state index is 0.258. The zero-order valence-corrected chi connectivity index (χ0v) is 21.0. The van der Waals surface area contributed by atoms with Crippen molar-refractivity contribution in [3.05, 3.63) is 83.2 Å². The van der Waals surface area contributed by atoms with Crippen LogP contribution in [0.2, 0.25) is 0 Å². The van der Waals surface area contributed by atoms with Crippen LogP contribution < -0.4 is 10.1 Å². The normalized spacial score (nSPS) is 17.3. The zero-order valence-electron chi connectivity index (χ0n) is 21.0. The zero-order chi connectivity index (χ0) is 25.9. The number of nitrogens with one attached hydrogen (secondary N) is 1. The smallest absolute Gasteiger partial charge is 0.409 e. The van der Waals surface area contributed by atoms with Gasteiger partial charge in [0.1, 0.15) is 11.6 Å². The van der Waals surface area contributed by atoms with Gasteiger partial charge < -0.3 is 19.7 Å². The number of piperazine rings is 1. The minimum atomic E-state index is -0.341. The lowest BCUT2D eigenvalue weighted by atomic mass is 9.97. The van der Waals surface area contributed by atoms with Gasteiger partial charge in [0.15, 0.2) is 0 Å². The SMILES string of the molecule is COC(=O)N1CCN(C2Cc3ccc(NC(=O)c4cccc(OC)c4-c4ccc(F)cc4)cc3C2)CC1. The molecule has 0 radical (unpaired) electrons. The van der Waals surface area contributed by atoms with Gasteiger partial charge in [0.25, 0.3) is 5.91 Å². The van der Waals surface area contributed by atoms with Gasteiger partial charge in [-0.15, -0.1) is 0 Å². The molecule has 0 saturated carbocycles. The minimum Gasteiger partial charge on any atom is -0.496 e. The van der Waals surface area contributed by atoms with Crippen LogP contribution in [0, 0.1) is 5.82 Å². The number of fused-ring (bicyclic) bond motifs is 1. The van der Waals surface area contributed by atoms with Crippen molar-refractivity contribution in [1.29, 1.82) is 0 Å². The predicted octanol–water partition coefficient (Wildman–Crippen LogP) is 4.60. The standard InChI is InChI=1S/C29H30FN3O4/c1-36-26-5-3-4-25(27(26)19-6-9-22(30)10-7-19)28(34)31-23-11-8-20-17-24(18-21(20)16-23)32-12-14-33(15-13-32)29(35)37-2/h3-11,16,24H,12-15,17-18H2,1-2H3,(H,31,34). The Kier molecular flexibility index (Phi) is 7.10. The number of benzene rings is 3. The number of anilines is 1. The molecule has 1 fully saturated rings. The highest BCUT2D eigenvalue weighted by atomic mass is 19.1. The highest BCUT2D eigenvalue weighted by Gasteiger charge is 2.31. The molecule has 1 N–H and O–H groups in total. The molecule has 8 heteroatoms. The third-order valence-electron chi connectivity index (χ3n) is 7.26. The van der Waals surface area contributed by atoms with E-state index in [0.717, 1.165) is 31.6 Å². The number of ether oxygens (including phenoxy) is 2. The summed E-state index contributed by atoms with van der Waals surface area (Å²) in [5, 5.41) is 3.04. The van der Waals surface area contributed by atoms with E-state index in [-0.39, 0.29) is 17.8 Å². The van der Waals surface area contributed by atoms with Crippen LogP contribution in [0.5, 0.6) is 5.75 Å². The van der Waals surface area contributed by atoms with Crippen molar-refractivity contribution in [2.45, 2.75) is 18.9 Å². The summed E-state index contributed by atoms with van der Waals surface area (Å²) in [6, 6.07) is 17.8. The Balaban J connectivity index is 1.30. The summed E-state index contributed by atoms with van der Waals surface area (Å²) >= 11 is 0. The van der Waals surface area contributed by atoms with Crippen LogP contribution in [0.3, 0.4) is 0 Å². The molecule has 3 aromatic carbocycles. The number of carbonyl (C=O) groups excluding carboxylic acids is 2. The second-order valence-electron chi connectivity index (χ2n) is 9.38. The maximum Gasteiger partial charge on any atom is 0.409 e. The first-order chi connectivity index (χ1) is 18.0. The van der Waals surface area contributed by atoms with E-state index in [9.17, 15) is 14.0 Å². The van der Waals surface area contributed by atoms with Gasteiger partial charge >= 0.3 is 6.09 Å². The third kappa shape index (κ3) is 5.15. The van der Waals surface area contributed by atoms with Gasteiger partial charge in [-0.3, -0.25) is 9.69 Å². The summed E-state index contributed by atoms with van der Waals surface area (Å²) in [7, 11) is 2.97. The lowest BCUT2D eigenvalue weighted by Crippen LogP contribution is -2.52. The molecule has 5 rings (SSSR count). The molecule has 1 heterocycles. The predicted molar refractivity (Wildman–Crippen MR) is 140 cm³/mol. The average Bonchev–Trinajstić information content (AvgIpc) is 3.36. The first-order valence-electron chi connectivity index (χ1n) is 12.4. The van der Waals surface area contributed by atoms with Gasteiger partial charge in [0.2, 0.25) is 0 Å². The second-order valence-corrected chi connectivity index (χ2v) is 9.38. The average molecular weight is 504 g/mol. The molecule has 1 aliphatic carbocycles. The fraction of sp³-hybridized carbons (Fsp3) is 0.310. The van der Waals surface area contributed by atoms with Crippen LogP contribution in [-0.2, 0) is 17.6 Å². The van der Waals surface area contributed by atoms with Gasteiger partial charge in [0, 0.05) is 43.5 Å². The number of nitrogens with zero attached hydrogens (tertiary/aromatic N) is 2. The first kappa shape index (κ1) is 24.8. The lowest BCUT2D eigenvalue weighted by molar-refractivity contribution is 0.0763. The van der Waals surface area contributed by atoms with E-state index in [2.05, 4.69) is 22.3 Å². The van der Waals surface area contributed by atoms with E-state index >= 15 is 0 Å². The van der Waals surface area contributed by atoms with Crippen LogP contribution in [0.1, 0.15) is 21.5 Å². The fourth-order valence-corrected chi connectivity index (χ4v) is 5.33. The van der Waals surface area contributed by atoms with Crippen molar-refractivity contribution in [3.8, 4) is 16.9 Å². The molecule has 37 heavy (non-hydrogen) atoms. The summed E-state index contributed by atoms with van der Waals surface area (Å²) < 4.78 is 23.9. The molecule has 3 aromatic rings. The Morgan fingerprint density at radius 3 is 2.35 bits per heavy atom.